The molecule has 3 heterocycles. The van der Waals surface area contributed by atoms with Gasteiger partial charge in [0, 0.05) is 43.6 Å². The Morgan fingerprint density at radius 2 is 2.30 bits per heavy atom. The number of anilines is 1. The summed E-state index contributed by atoms with van der Waals surface area (Å²) in [7, 11) is 0. The zero-order valence-electron chi connectivity index (χ0n) is 11.9. The van der Waals surface area contributed by atoms with Gasteiger partial charge in [-0.2, -0.15) is 0 Å². The summed E-state index contributed by atoms with van der Waals surface area (Å²) in [4.78, 5) is 18.4. The van der Waals surface area contributed by atoms with Crippen molar-refractivity contribution < 1.29 is 4.79 Å². The molecule has 5 nitrogen and oxygen atoms in total. The molecule has 1 aromatic heterocycles. The van der Waals surface area contributed by atoms with Crippen LogP contribution in [-0.4, -0.2) is 42.6 Å². The second-order valence-corrected chi connectivity index (χ2v) is 5.63. The van der Waals surface area contributed by atoms with E-state index < -0.39 is 0 Å². The Balaban J connectivity index is 1.76. The van der Waals surface area contributed by atoms with Gasteiger partial charge in [-0.3, -0.25) is 9.78 Å². The number of aromatic nitrogens is 1. The van der Waals surface area contributed by atoms with Crippen molar-refractivity contribution in [2.45, 2.75) is 38.3 Å². The van der Waals surface area contributed by atoms with Crippen LogP contribution in [0.5, 0.6) is 0 Å². The molecule has 108 valence electrons. The van der Waals surface area contributed by atoms with Gasteiger partial charge in [-0.15, -0.1) is 0 Å². The van der Waals surface area contributed by atoms with Crippen molar-refractivity contribution in [2.75, 3.05) is 24.5 Å². The van der Waals surface area contributed by atoms with Crippen molar-refractivity contribution in [2.24, 2.45) is 0 Å². The van der Waals surface area contributed by atoms with Gasteiger partial charge in [-0.25, -0.2) is 0 Å². The lowest BCUT2D eigenvalue weighted by Gasteiger charge is -2.26. The molecule has 2 aliphatic heterocycles. The van der Waals surface area contributed by atoms with E-state index in [1.807, 2.05) is 19.1 Å². The first kappa shape index (κ1) is 13.4. The molecule has 5 heteroatoms. The molecule has 0 radical (unpaired) electrons. The quantitative estimate of drug-likeness (QED) is 0.868. The van der Waals surface area contributed by atoms with Crippen LogP contribution in [0.25, 0.3) is 0 Å². The van der Waals surface area contributed by atoms with E-state index in [2.05, 4.69) is 20.5 Å². The summed E-state index contributed by atoms with van der Waals surface area (Å²) in [6.45, 7) is 4.61. The predicted octanol–water partition coefficient (Wildman–Crippen LogP) is 1.16. The number of nitrogens with zero attached hydrogens (tertiary/aromatic N) is 2. The molecule has 2 aliphatic rings. The number of carbonyl (C=O) groups is 1. The number of nitrogens with one attached hydrogen (secondary N) is 2. The first-order valence-corrected chi connectivity index (χ1v) is 7.51. The minimum Gasteiger partial charge on any atom is -0.370 e. The van der Waals surface area contributed by atoms with E-state index in [0.717, 1.165) is 18.8 Å². The summed E-state index contributed by atoms with van der Waals surface area (Å²) >= 11 is 0. The second kappa shape index (κ2) is 5.79. The molecule has 0 spiro atoms. The number of rotatable bonds is 3. The lowest BCUT2D eigenvalue weighted by Crippen LogP contribution is -2.35. The normalized spacial score (nSPS) is 25.4. The SMILES string of the molecule is CCNC(=O)c1cc(N2CCC3CCC(C2)N3)ccn1. The largest absolute Gasteiger partial charge is 0.370 e. The zero-order valence-corrected chi connectivity index (χ0v) is 11.9. The predicted molar refractivity (Wildman–Crippen MR) is 79.0 cm³/mol. The summed E-state index contributed by atoms with van der Waals surface area (Å²) in [5, 5.41) is 6.47. The molecule has 2 N–H and O–H groups in total. The van der Waals surface area contributed by atoms with Crippen LogP contribution in [-0.2, 0) is 0 Å². The van der Waals surface area contributed by atoms with Gasteiger partial charge in [0.25, 0.3) is 5.91 Å². The van der Waals surface area contributed by atoms with Crippen LogP contribution in [0.3, 0.4) is 0 Å². The van der Waals surface area contributed by atoms with Crippen LogP contribution in [0.2, 0.25) is 0 Å². The molecule has 0 saturated carbocycles. The molecule has 1 aromatic rings. The molecule has 3 rings (SSSR count). The Labute approximate surface area is 119 Å². The Morgan fingerprint density at radius 1 is 1.45 bits per heavy atom. The molecule has 2 saturated heterocycles. The highest BCUT2D eigenvalue weighted by Gasteiger charge is 2.29. The minimum atomic E-state index is -0.0937. The highest BCUT2D eigenvalue weighted by molar-refractivity contribution is 5.93. The zero-order chi connectivity index (χ0) is 13.9. The number of pyridine rings is 1. The van der Waals surface area contributed by atoms with Crippen molar-refractivity contribution in [1.29, 1.82) is 0 Å². The highest BCUT2D eigenvalue weighted by Crippen LogP contribution is 2.24. The maximum atomic E-state index is 11.9. The van der Waals surface area contributed by atoms with Crippen molar-refractivity contribution >= 4 is 11.6 Å². The van der Waals surface area contributed by atoms with Crippen molar-refractivity contribution in [1.82, 2.24) is 15.6 Å². The van der Waals surface area contributed by atoms with Gasteiger partial charge in [0.1, 0.15) is 5.69 Å². The summed E-state index contributed by atoms with van der Waals surface area (Å²) in [6.07, 6.45) is 5.47. The average Bonchev–Trinajstić information content (AvgIpc) is 2.79. The van der Waals surface area contributed by atoms with Gasteiger partial charge in [-0.05, 0) is 38.3 Å². The van der Waals surface area contributed by atoms with Crippen LogP contribution in [0, 0.1) is 0 Å². The van der Waals surface area contributed by atoms with E-state index in [1.165, 1.54) is 19.3 Å². The van der Waals surface area contributed by atoms with Crippen molar-refractivity contribution in [3.63, 3.8) is 0 Å². The smallest absolute Gasteiger partial charge is 0.269 e. The molecule has 1 amide bonds. The Morgan fingerprint density at radius 3 is 3.15 bits per heavy atom. The topological polar surface area (TPSA) is 57.3 Å². The third-order valence-electron chi connectivity index (χ3n) is 4.20. The summed E-state index contributed by atoms with van der Waals surface area (Å²) in [6, 6.07) is 5.17. The summed E-state index contributed by atoms with van der Waals surface area (Å²) < 4.78 is 0. The molecular formula is C15H22N4O. The van der Waals surface area contributed by atoms with E-state index in [0.29, 0.717) is 24.3 Å². The van der Waals surface area contributed by atoms with E-state index in [4.69, 9.17) is 0 Å². The molecule has 2 atom stereocenters. The van der Waals surface area contributed by atoms with Crippen LogP contribution < -0.4 is 15.5 Å². The first-order chi connectivity index (χ1) is 9.76. The number of amides is 1. The number of hydrogen-bond acceptors (Lipinski definition) is 4. The standard InChI is InChI=1S/C15H22N4O/c1-2-16-15(20)14-9-13(5-7-17-14)19-8-6-11-3-4-12(10-19)18-11/h5,7,9,11-12,18H,2-4,6,8,10H2,1H3,(H,16,20). The lowest BCUT2D eigenvalue weighted by molar-refractivity contribution is 0.0951. The van der Waals surface area contributed by atoms with Gasteiger partial charge in [0.2, 0.25) is 0 Å². The molecule has 0 aliphatic carbocycles. The average molecular weight is 274 g/mol. The van der Waals surface area contributed by atoms with Gasteiger partial charge < -0.3 is 15.5 Å². The van der Waals surface area contributed by atoms with E-state index in [-0.39, 0.29) is 5.91 Å². The fourth-order valence-corrected chi connectivity index (χ4v) is 3.17. The maximum absolute atomic E-state index is 11.9. The highest BCUT2D eigenvalue weighted by atomic mass is 16.1. The molecule has 20 heavy (non-hydrogen) atoms. The second-order valence-electron chi connectivity index (χ2n) is 5.63. The molecule has 2 fully saturated rings. The third kappa shape index (κ3) is 2.77. The minimum absolute atomic E-state index is 0.0937. The van der Waals surface area contributed by atoms with E-state index in [1.54, 1.807) is 6.20 Å². The van der Waals surface area contributed by atoms with Crippen molar-refractivity contribution in [3.8, 4) is 0 Å². The van der Waals surface area contributed by atoms with Gasteiger partial charge in [0.15, 0.2) is 0 Å². The van der Waals surface area contributed by atoms with Crippen molar-refractivity contribution in [3.05, 3.63) is 24.0 Å². The lowest BCUT2D eigenvalue weighted by atomic mass is 10.1. The Kier molecular flexibility index (Phi) is 3.87. The fourth-order valence-electron chi connectivity index (χ4n) is 3.17. The monoisotopic (exact) mass is 274 g/mol. The maximum Gasteiger partial charge on any atom is 0.269 e. The molecule has 2 bridgehead atoms. The first-order valence-electron chi connectivity index (χ1n) is 7.51. The fraction of sp³-hybridized carbons (Fsp3) is 0.600. The summed E-state index contributed by atoms with van der Waals surface area (Å²) in [5.74, 6) is -0.0937. The van der Waals surface area contributed by atoms with Gasteiger partial charge in [0.05, 0.1) is 0 Å². The van der Waals surface area contributed by atoms with Crippen LogP contribution >= 0.6 is 0 Å². The van der Waals surface area contributed by atoms with Gasteiger partial charge in [-0.1, -0.05) is 0 Å². The molecule has 0 aromatic carbocycles. The number of fused-ring (bicyclic) bond motifs is 2. The van der Waals surface area contributed by atoms with E-state index >= 15 is 0 Å². The third-order valence-corrected chi connectivity index (χ3v) is 4.20. The van der Waals surface area contributed by atoms with Crippen LogP contribution in [0.1, 0.15) is 36.7 Å². The van der Waals surface area contributed by atoms with Gasteiger partial charge >= 0.3 is 0 Å². The Hall–Kier alpha value is -1.62. The number of carbonyl (C=O) groups excluding carboxylic acids is 1. The Bertz CT molecular complexity index is 491. The van der Waals surface area contributed by atoms with Crippen LogP contribution in [0.15, 0.2) is 18.3 Å². The molecule has 2 unspecified atom stereocenters. The molecular weight excluding hydrogens is 252 g/mol. The summed E-state index contributed by atoms with van der Waals surface area (Å²) in [5.41, 5.74) is 1.61. The van der Waals surface area contributed by atoms with E-state index in [9.17, 15) is 4.79 Å². The van der Waals surface area contributed by atoms with Crippen LogP contribution in [0.4, 0.5) is 5.69 Å². The number of hydrogen-bond donors (Lipinski definition) is 2.